The summed E-state index contributed by atoms with van der Waals surface area (Å²) in [6.07, 6.45) is 5.91. The minimum absolute atomic E-state index is 0.123. The molecule has 1 atom stereocenters. The van der Waals surface area contributed by atoms with E-state index in [9.17, 15) is 13.2 Å². The fraction of sp³-hybridized carbons (Fsp3) is 0.440. The Kier molecular flexibility index (Phi) is 5.63. The third-order valence-electron chi connectivity index (χ3n) is 6.52. The monoisotopic (exact) mass is 468 g/mol. The van der Waals surface area contributed by atoms with Gasteiger partial charge in [0.25, 0.3) is 10.0 Å². The lowest BCUT2D eigenvalue weighted by molar-refractivity contribution is -0.139. The number of fused-ring (bicyclic) bond motifs is 1. The van der Waals surface area contributed by atoms with Crippen LogP contribution in [0.2, 0.25) is 0 Å². The zero-order valence-electron chi connectivity index (χ0n) is 18.9. The number of Topliss-reactive ketones (excluding diaryl/α,β-unsaturated/α-hetero) is 1. The highest BCUT2D eigenvalue weighted by Crippen LogP contribution is 2.35. The molecule has 7 nitrogen and oxygen atoms in total. The average Bonchev–Trinajstić information content (AvgIpc) is 3.52. The molecule has 1 aliphatic carbocycles. The first-order chi connectivity index (χ1) is 15.7. The molecule has 0 spiro atoms. The number of carbonyl (C=O) groups is 1. The fourth-order valence-corrected chi connectivity index (χ4v) is 6.34. The molecule has 33 heavy (non-hydrogen) atoms. The van der Waals surface area contributed by atoms with E-state index in [1.165, 1.54) is 12.1 Å². The van der Waals surface area contributed by atoms with Gasteiger partial charge in [0.1, 0.15) is 11.8 Å². The average molecular weight is 469 g/mol. The second-order valence-corrected chi connectivity index (χ2v) is 11.2. The van der Waals surface area contributed by atoms with Gasteiger partial charge in [-0.05, 0) is 44.0 Å². The molecule has 0 N–H and O–H groups in total. The maximum absolute atomic E-state index is 13.6. The van der Waals surface area contributed by atoms with Crippen LogP contribution in [0, 0.1) is 5.92 Å². The second kappa shape index (κ2) is 8.34. The van der Waals surface area contributed by atoms with Crippen LogP contribution >= 0.6 is 0 Å². The molecule has 8 heteroatoms. The topological polar surface area (TPSA) is 87.5 Å². The summed E-state index contributed by atoms with van der Waals surface area (Å²) in [5.41, 5.74) is 1.20. The third-order valence-corrected chi connectivity index (χ3v) is 8.23. The molecule has 1 aliphatic heterocycles. The van der Waals surface area contributed by atoms with E-state index in [0.29, 0.717) is 24.3 Å². The van der Waals surface area contributed by atoms with E-state index in [2.05, 4.69) is 4.98 Å². The zero-order valence-corrected chi connectivity index (χ0v) is 19.7. The van der Waals surface area contributed by atoms with Gasteiger partial charge in [0.05, 0.1) is 11.5 Å². The minimum atomic E-state index is -4.00. The Morgan fingerprint density at radius 2 is 1.88 bits per heavy atom. The van der Waals surface area contributed by atoms with Crippen molar-refractivity contribution >= 4 is 26.8 Å². The van der Waals surface area contributed by atoms with Crippen LogP contribution in [0.3, 0.4) is 0 Å². The van der Waals surface area contributed by atoms with E-state index < -0.39 is 15.8 Å². The molecular formula is C25H28N2O5S. The lowest BCUT2D eigenvalue weighted by Gasteiger charge is -2.17. The Labute approximate surface area is 193 Å². The summed E-state index contributed by atoms with van der Waals surface area (Å²) in [7, 11) is -4.00. The summed E-state index contributed by atoms with van der Waals surface area (Å²) in [4.78, 5) is 18.0. The van der Waals surface area contributed by atoms with Gasteiger partial charge in [0.2, 0.25) is 0 Å². The molecule has 1 saturated carbocycles. The standard InChI is InChI=1S/C25H28N2O5S/c1-25(2)31-16-23(32-25)19-13-18-14-21(22(28)12-17-8-6-7-9-17)27(24(18)26-15-19)33(29,30)20-10-4-3-5-11-20/h3-5,10-11,13-15,17,23H,6-9,12,16H2,1-2H3. The van der Waals surface area contributed by atoms with Crippen molar-refractivity contribution in [3.63, 3.8) is 0 Å². The SMILES string of the molecule is CC1(C)OCC(c2cnc3c(c2)cc(C(=O)CC2CCCC2)n3S(=O)(=O)c2ccccc2)O1. The van der Waals surface area contributed by atoms with Gasteiger partial charge >= 0.3 is 0 Å². The Morgan fingerprint density at radius 1 is 1.15 bits per heavy atom. The van der Waals surface area contributed by atoms with E-state index in [-0.39, 0.29) is 28.1 Å². The highest BCUT2D eigenvalue weighted by atomic mass is 32.2. The lowest BCUT2D eigenvalue weighted by atomic mass is 9.99. The number of ether oxygens (including phenoxy) is 2. The van der Waals surface area contributed by atoms with Gasteiger partial charge in [-0.3, -0.25) is 4.79 Å². The van der Waals surface area contributed by atoms with E-state index in [1.807, 2.05) is 19.9 Å². The molecule has 0 radical (unpaired) electrons. The van der Waals surface area contributed by atoms with Crippen LogP contribution in [0.15, 0.2) is 53.6 Å². The molecule has 2 aromatic heterocycles. The van der Waals surface area contributed by atoms with Crippen molar-refractivity contribution in [1.29, 1.82) is 0 Å². The van der Waals surface area contributed by atoms with E-state index in [1.54, 1.807) is 30.5 Å². The molecule has 3 aromatic rings. The minimum Gasteiger partial charge on any atom is -0.347 e. The van der Waals surface area contributed by atoms with Crippen LogP contribution in [0.4, 0.5) is 0 Å². The van der Waals surface area contributed by atoms with Crippen LogP contribution in [-0.2, 0) is 19.5 Å². The van der Waals surface area contributed by atoms with Gasteiger partial charge in [0, 0.05) is 23.6 Å². The van der Waals surface area contributed by atoms with Gasteiger partial charge in [-0.2, -0.15) is 0 Å². The van der Waals surface area contributed by atoms with Crippen molar-refractivity contribution in [1.82, 2.24) is 8.96 Å². The number of carbonyl (C=O) groups excluding carboxylic acids is 1. The second-order valence-electron chi connectivity index (χ2n) is 9.39. The quantitative estimate of drug-likeness (QED) is 0.480. The van der Waals surface area contributed by atoms with Gasteiger partial charge in [0.15, 0.2) is 17.2 Å². The summed E-state index contributed by atoms with van der Waals surface area (Å²) in [5, 5.41) is 0.593. The Hall–Kier alpha value is -2.55. The van der Waals surface area contributed by atoms with Crippen molar-refractivity contribution in [2.24, 2.45) is 5.92 Å². The lowest BCUT2D eigenvalue weighted by Crippen LogP contribution is -2.20. The maximum Gasteiger partial charge on any atom is 0.270 e. The Morgan fingerprint density at radius 3 is 2.55 bits per heavy atom. The molecule has 2 aliphatic rings. The number of rotatable bonds is 6. The fourth-order valence-electron chi connectivity index (χ4n) is 4.83. The van der Waals surface area contributed by atoms with Gasteiger partial charge in [-0.25, -0.2) is 17.4 Å². The highest BCUT2D eigenvalue weighted by molar-refractivity contribution is 7.90. The summed E-state index contributed by atoms with van der Waals surface area (Å²) in [6, 6.07) is 11.7. The zero-order chi connectivity index (χ0) is 23.2. The predicted molar refractivity (Wildman–Crippen MR) is 124 cm³/mol. The molecule has 2 fully saturated rings. The molecule has 5 rings (SSSR count). The summed E-state index contributed by atoms with van der Waals surface area (Å²) < 4.78 is 40.0. The van der Waals surface area contributed by atoms with Crippen molar-refractivity contribution in [3.8, 4) is 0 Å². The van der Waals surface area contributed by atoms with Gasteiger partial charge < -0.3 is 9.47 Å². The van der Waals surface area contributed by atoms with Crippen molar-refractivity contribution in [3.05, 3.63) is 59.9 Å². The van der Waals surface area contributed by atoms with Crippen LogP contribution < -0.4 is 0 Å². The largest absolute Gasteiger partial charge is 0.347 e. The van der Waals surface area contributed by atoms with E-state index in [4.69, 9.17) is 9.47 Å². The first-order valence-corrected chi connectivity index (χ1v) is 12.9. The summed E-state index contributed by atoms with van der Waals surface area (Å²) in [6.45, 7) is 4.08. The first-order valence-electron chi connectivity index (χ1n) is 11.4. The number of nitrogens with zero attached hydrogens (tertiary/aromatic N) is 2. The smallest absolute Gasteiger partial charge is 0.270 e. The molecule has 0 bridgehead atoms. The predicted octanol–water partition coefficient (Wildman–Crippen LogP) is 4.86. The number of benzene rings is 1. The van der Waals surface area contributed by atoms with Crippen LogP contribution in [0.5, 0.6) is 0 Å². The molecule has 0 amide bonds. The molecule has 174 valence electrons. The first kappa shape index (κ1) is 22.3. The van der Waals surface area contributed by atoms with Crippen LogP contribution in [0.1, 0.15) is 68.1 Å². The molecule has 1 unspecified atom stereocenters. The van der Waals surface area contributed by atoms with Crippen LogP contribution in [0.25, 0.3) is 11.0 Å². The van der Waals surface area contributed by atoms with Crippen molar-refractivity contribution < 1.29 is 22.7 Å². The van der Waals surface area contributed by atoms with Crippen LogP contribution in [-0.4, -0.2) is 35.6 Å². The third kappa shape index (κ3) is 4.23. The number of aromatic nitrogens is 2. The number of hydrogen-bond donors (Lipinski definition) is 0. The van der Waals surface area contributed by atoms with E-state index >= 15 is 0 Å². The molecular weight excluding hydrogens is 440 g/mol. The maximum atomic E-state index is 13.6. The molecule has 1 saturated heterocycles. The Balaban J connectivity index is 1.61. The normalized spacial score (nSPS) is 21.1. The molecule has 1 aromatic carbocycles. The van der Waals surface area contributed by atoms with Gasteiger partial charge in [-0.1, -0.05) is 43.9 Å². The number of pyridine rings is 1. The Bertz CT molecular complexity index is 1290. The number of hydrogen-bond acceptors (Lipinski definition) is 6. The van der Waals surface area contributed by atoms with Crippen molar-refractivity contribution in [2.75, 3.05) is 6.61 Å². The van der Waals surface area contributed by atoms with Gasteiger partial charge in [-0.15, -0.1) is 0 Å². The number of ketones is 1. The summed E-state index contributed by atoms with van der Waals surface area (Å²) in [5.74, 6) is -0.550. The highest BCUT2D eigenvalue weighted by Gasteiger charge is 2.35. The van der Waals surface area contributed by atoms with Crippen molar-refractivity contribution in [2.45, 2.75) is 62.7 Å². The molecule has 3 heterocycles. The summed E-state index contributed by atoms with van der Waals surface area (Å²) >= 11 is 0. The van der Waals surface area contributed by atoms with E-state index in [0.717, 1.165) is 35.2 Å².